The zero-order chi connectivity index (χ0) is 15.3. The number of anilines is 1. The number of carboxylic acid groups (broad SMARTS) is 1. The summed E-state index contributed by atoms with van der Waals surface area (Å²) in [6, 6.07) is 6.46. The van der Waals surface area contributed by atoms with Crippen molar-refractivity contribution >= 4 is 17.7 Å². The predicted octanol–water partition coefficient (Wildman–Crippen LogP) is 3.06. The molecule has 0 spiro atoms. The predicted molar refractivity (Wildman–Crippen MR) is 79.3 cm³/mol. The number of carboxylic acids is 1. The Bertz CT molecular complexity index is 488. The molecule has 110 valence electrons. The number of rotatable bonds is 5. The highest BCUT2D eigenvalue weighted by atomic mass is 16.4. The summed E-state index contributed by atoms with van der Waals surface area (Å²) in [4.78, 5) is 26.9. The molecule has 1 aromatic carbocycles. The maximum atomic E-state index is 12.5. The lowest BCUT2D eigenvalue weighted by Gasteiger charge is -2.32. The van der Waals surface area contributed by atoms with Gasteiger partial charge in [-0.05, 0) is 32.4 Å². The maximum Gasteiger partial charge on any atom is 0.337 e. The lowest BCUT2D eigenvalue weighted by atomic mass is 10.1. The minimum absolute atomic E-state index is 0.118. The number of benzene rings is 1. The van der Waals surface area contributed by atoms with Crippen LogP contribution in [0.4, 0.5) is 10.5 Å². The summed E-state index contributed by atoms with van der Waals surface area (Å²) in [7, 11) is 1.61. The Kier molecular flexibility index (Phi) is 5.55. The van der Waals surface area contributed by atoms with Gasteiger partial charge in [-0.3, -0.25) is 4.90 Å². The van der Waals surface area contributed by atoms with E-state index in [4.69, 9.17) is 0 Å². The van der Waals surface area contributed by atoms with Gasteiger partial charge in [-0.25, -0.2) is 9.59 Å². The average Bonchev–Trinajstić information content (AvgIpc) is 2.46. The normalized spacial score (nSPS) is 11.8. The van der Waals surface area contributed by atoms with Gasteiger partial charge in [0.05, 0.1) is 11.3 Å². The number of hydrogen-bond acceptors (Lipinski definition) is 2. The summed E-state index contributed by atoms with van der Waals surface area (Å²) in [6.07, 6.45) is 0.855. The van der Waals surface area contributed by atoms with Crippen LogP contribution >= 0.6 is 0 Å². The minimum atomic E-state index is -1.04. The number of hydrogen-bond donors (Lipinski definition) is 1. The van der Waals surface area contributed by atoms with Crippen LogP contribution in [0.2, 0.25) is 0 Å². The van der Waals surface area contributed by atoms with Gasteiger partial charge in [-0.2, -0.15) is 0 Å². The minimum Gasteiger partial charge on any atom is -0.478 e. The molecule has 0 saturated heterocycles. The van der Waals surface area contributed by atoms with Gasteiger partial charge in [0.2, 0.25) is 0 Å². The molecule has 1 atom stereocenters. The van der Waals surface area contributed by atoms with E-state index in [-0.39, 0.29) is 17.6 Å². The van der Waals surface area contributed by atoms with Crippen molar-refractivity contribution in [1.82, 2.24) is 4.90 Å². The summed E-state index contributed by atoms with van der Waals surface area (Å²) >= 11 is 0. The highest BCUT2D eigenvalue weighted by Crippen LogP contribution is 2.21. The lowest BCUT2D eigenvalue weighted by molar-refractivity contribution is 0.0697. The lowest BCUT2D eigenvalue weighted by Crippen LogP contribution is -2.46. The van der Waals surface area contributed by atoms with Crippen LogP contribution < -0.4 is 4.90 Å². The molecule has 0 aliphatic heterocycles. The van der Waals surface area contributed by atoms with Crippen molar-refractivity contribution in [1.29, 1.82) is 0 Å². The second kappa shape index (κ2) is 6.93. The van der Waals surface area contributed by atoms with E-state index < -0.39 is 5.97 Å². The number of aromatic carboxylic acids is 1. The van der Waals surface area contributed by atoms with Crippen molar-refractivity contribution in [3.05, 3.63) is 29.8 Å². The summed E-state index contributed by atoms with van der Waals surface area (Å²) in [5, 5.41) is 9.20. The Balaban J connectivity index is 3.08. The first-order valence-electron chi connectivity index (χ1n) is 6.80. The fourth-order valence-electron chi connectivity index (χ4n) is 2.10. The number of urea groups is 1. The van der Waals surface area contributed by atoms with E-state index in [0.29, 0.717) is 12.2 Å². The van der Waals surface area contributed by atoms with Gasteiger partial charge < -0.3 is 10.0 Å². The van der Waals surface area contributed by atoms with Crippen molar-refractivity contribution in [3.8, 4) is 0 Å². The molecule has 1 N–H and O–H groups in total. The van der Waals surface area contributed by atoms with Crippen LogP contribution in [0.1, 0.15) is 37.6 Å². The number of amides is 2. The van der Waals surface area contributed by atoms with Gasteiger partial charge in [0.15, 0.2) is 0 Å². The fourth-order valence-corrected chi connectivity index (χ4v) is 2.10. The second-order valence-corrected chi connectivity index (χ2v) is 4.71. The van der Waals surface area contributed by atoms with Crippen LogP contribution in [0.25, 0.3) is 0 Å². The Morgan fingerprint density at radius 1 is 1.25 bits per heavy atom. The zero-order valence-electron chi connectivity index (χ0n) is 12.5. The van der Waals surface area contributed by atoms with Crippen LogP contribution in [0.15, 0.2) is 24.3 Å². The van der Waals surface area contributed by atoms with Crippen molar-refractivity contribution in [2.45, 2.75) is 33.2 Å². The molecule has 5 nitrogen and oxygen atoms in total. The number of carbonyl (C=O) groups is 2. The Labute approximate surface area is 119 Å². The van der Waals surface area contributed by atoms with Gasteiger partial charge in [-0.1, -0.05) is 19.1 Å². The van der Waals surface area contributed by atoms with E-state index in [1.54, 1.807) is 30.1 Å². The first-order chi connectivity index (χ1) is 9.43. The molecule has 20 heavy (non-hydrogen) atoms. The van der Waals surface area contributed by atoms with Crippen molar-refractivity contribution in [2.24, 2.45) is 0 Å². The molecule has 0 fully saturated rings. The van der Waals surface area contributed by atoms with E-state index in [9.17, 15) is 14.7 Å². The standard InChI is InChI=1S/C15H22N2O3/c1-5-11(3)17(6-2)15(20)16(4)13-10-8-7-9-12(13)14(18)19/h7-11H,5-6H2,1-4H3,(H,18,19). The van der Waals surface area contributed by atoms with Gasteiger partial charge >= 0.3 is 12.0 Å². The van der Waals surface area contributed by atoms with Gasteiger partial charge in [0.1, 0.15) is 0 Å². The monoisotopic (exact) mass is 278 g/mol. The molecule has 1 unspecified atom stereocenters. The Hall–Kier alpha value is -2.04. The topological polar surface area (TPSA) is 60.9 Å². The summed E-state index contributed by atoms with van der Waals surface area (Å²) in [6.45, 7) is 6.51. The summed E-state index contributed by atoms with van der Waals surface area (Å²) in [5.41, 5.74) is 0.537. The fraction of sp³-hybridized carbons (Fsp3) is 0.467. The molecule has 0 saturated carbocycles. The maximum absolute atomic E-state index is 12.5. The second-order valence-electron chi connectivity index (χ2n) is 4.71. The summed E-state index contributed by atoms with van der Waals surface area (Å²) in [5.74, 6) is -1.04. The highest BCUT2D eigenvalue weighted by Gasteiger charge is 2.24. The molecular weight excluding hydrogens is 256 g/mol. The van der Waals surface area contributed by atoms with E-state index in [1.807, 2.05) is 20.8 Å². The molecule has 0 aliphatic carbocycles. The summed E-state index contributed by atoms with van der Waals surface area (Å²) < 4.78 is 0. The Morgan fingerprint density at radius 3 is 2.35 bits per heavy atom. The van der Waals surface area contributed by atoms with Gasteiger partial charge in [0, 0.05) is 19.6 Å². The van der Waals surface area contributed by atoms with E-state index in [1.165, 1.54) is 11.0 Å². The van der Waals surface area contributed by atoms with Crippen LogP contribution in [-0.2, 0) is 0 Å². The molecule has 2 amide bonds. The third-order valence-corrected chi connectivity index (χ3v) is 3.49. The van der Waals surface area contributed by atoms with Crippen molar-refractivity contribution in [3.63, 3.8) is 0 Å². The third-order valence-electron chi connectivity index (χ3n) is 3.49. The number of para-hydroxylation sites is 1. The van der Waals surface area contributed by atoms with Gasteiger partial charge in [0.25, 0.3) is 0 Å². The number of carbonyl (C=O) groups excluding carboxylic acids is 1. The quantitative estimate of drug-likeness (QED) is 0.900. The zero-order valence-corrected chi connectivity index (χ0v) is 12.5. The molecule has 0 radical (unpaired) electrons. The smallest absolute Gasteiger partial charge is 0.337 e. The number of nitrogens with zero attached hydrogens (tertiary/aromatic N) is 2. The van der Waals surface area contributed by atoms with Crippen LogP contribution in [0.5, 0.6) is 0 Å². The first-order valence-corrected chi connectivity index (χ1v) is 6.80. The van der Waals surface area contributed by atoms with E-state index >= 15 is 0 Å². The third kappa shape index (κ3) is 3.29. The molecule has 1 rings (SSSR count). The van der Waals surface area contributed by atoms with Crippen molar-refractivity contribution < 1.29 is 14.7 Å². The van der Waals surface area contributed by atoms with E-state index in [0.717, 1.165) is 6.42 Å². The highest BCUT2D eigenvalue weighted by molar-refractivity contribution is 6.01. The molecule has 0 aromatic heterocycles. The molecular formula is C15H22N2O3. The molecule has 1 aromatic rings. The van der Waals surface area contributed by atoms with Crippen molar-refractivity contribution in [2.75, 3.05) is 18.5 Å². The van der Waals surface area contributed by atoms with Crippen LogP contribution in [0.3, 0.4) is 0 Å². The largest absolute Gasteiger partial charge is 0.478 e. The molecule has 0 bridgehead atoms. The Morgan fingerprint density at radius 2 is 1.85 bits per heavy atom. The van der Waals surface area contributed by atoms with Crippen LogP contribution in [0, 0.1) is 0 Å². The molecule has 0 heterocycles. The molecule has 0 aliphatic rings. The molecule has 5 heteroatoms. The van der Waals surface area contributed by atoms with E-state index in [2.05, 4.69) is 0 Å². The first kappa shape index (κ1) is 16.0. The average molecular weight is 278 g/mol. The van der Waals surface area contributed by atoms with Gasteiger partial charge in [-0.15, -0.1) is 0 Å². The SMILES string of the molecule is CCC(C)N(CC)C(=O)N(C)c1ccccc1C(=O)O. The van der Waals surface area contributed by atoms with Crippen LogP contribution in [-0.4, -0.2) is 41.6 Å².